The highest BCUT2D eigenvalue weighted by Crippen LogP contribution is 2.16. The Hall–Kier alpha value is -1.30. The highest BCUT2D eigenvalue weighted by Gasteiger charge is 2.27. The van der Waals surface area contributed by atoms with Crippen molar-refractivity contribution in [1.82, 2.24) is 10.2 Å². The fraction of sp³-hybridized carbons (Fsp3) is 0.833. The standard InChI is InChI=1S/C12H24N2O4/c1-11(2,3)18-10(17)13-8-14(6)12(4,5)7-9(15)16/h7-8H2,1-6H3,(H,13,17)(H,15,16). The molecule has 0 bridgehead atoms. The molecule has 2 N–H and O–H groups in total. The smallest absolute Gasteiger partial charge is 0.408 e. The largest absolute Gasteiger partial charge is 0.481 e. The molecule has 0 atom stereocenters. The molecule has 0 saturated carbocycles. The molecule has 0 spiro atoms. The first-order chi connectivity index (χ1) is 7.94. The van der Waals surface area contributed by atoms with E-state index in [1.807, 2.05) is 0 Å². The Morgan fingerprint density at radius 3 is 2.11 bits per heavy atom. The molecule has 0 rings (SSSR count). The van der Waals surface area contributed by atoms with Gasteiger partial charge in [-0.1, -0.05) is 0 Å². The Kier molecular flexibility index (Phi) is 5.60. The van der Waals surface area contributed by atoms with Crippen molar-refractivity contribution in [3.8, 4) is 0 Å². The molecular formula is C12H24N2O4. The number of hydrogen-bond acceptors (Lipinski definition) is 4. The lowest BCUT2D eigenvalue weighted by atomic mass is 9.99. The first-order valence-electron chi connectivity index (χ1n) is 5.84. The van der Waals surface area contributed by atoms with E-state index < -0.39 is 23.2 Å². The molecule has 0 unspecified atom stereocenters. The van der Waals surface area contributed by atoms with Crippen LogP contribution < -0.4 is 5.32 Å². The summed E-state index contributed by atoms with van der Waals surface area (Å²) in [5, 5.41) is 11.4. The summed E-state index contributed by atoms with van der Waals surface area (Å²) in [4.78, 5) is 23.9. The average molecular weight is 260 g/mol. The molecule has 6 heteroatoms. The molecule has 0 heterocycles. The minimum Gasteiger partial charge on any atom is -0.481 e. The van der Waals surface area contributed by atoms with Crippen LogP contribution in [0.1, 0.15) is 41.0 Å². The molecule has 0 aliphatic heterocycles. The number of carboxylic acids is 1. The van der Waals surface area contributed by atoms with Gasteiger partial charge in [-0.3, -0.25) is 9.69 Å². The zero-order valence-corrected chi connectivity index (χ0v) is 12.0. The lowest BCUT2D eigenvalue weighted by molar-refractivity contribution is -0.139. The van der Waals surface area contributed by atoms with Crippen LogP contribution in [-0.4, -0.2) is 46.9 Å². The van der Waals surface area contributed by atoms with Crippen molar-refractivity contribution in [2.75, 3.05) is 13.7 Å². The molecule has 1 amide bonds. The summed E-state index contributed by atoms with van der Waals surface area (Å²) in [6, 6.07) is 0. The van der Waals surface area contributed by atoms with Crippen molar-refractivity contribution in [2.24, 2.45) is 0 Å². The van der Waals surface area contributed by atoms with Crippen molar-refractivity contribution in [3.63, 3.8) is 0 Å². The summed E-state index contributed by atoms with van der Waals surface area (Å²) >= 11 is 0. The Bertz CT molecular complexity index is 308. The lowest BCUT2D eigenvalue weighted by Gasteiger charge is -2.34. The minimum atomic E-state index is -0.871. The van der Waals surface area contributed by atoms with E-state index >= 15 is 0 Å². The number of ether oxygens (including phenoxy) is 1. The highest BCUT2D eigenvalue weighted by molar-refractivity contribution is 5.68. The van der Waals surface area contributed by atoms with Gasteiger partial charge in [0.25, 0.3) is 0 Å². The van der Waals surface area contributed by atoms with Crippen molar-refractivity contribution in [2.45, 2.75) is 52.2 Å². The van der Waals surface area contributed by atoms with Crippen LogP contribution in [0.5, 0.6) is 0 Å². The number of carboxylic acid groups (broad SMARTS) is 1. The summed E-state index contributed by atoms with van der Waals surface area (Å²) in [5.74, 6) is -0.871. The predicted molar refractivity (Wildman–Crippen MR) is 68.3 cm³/mol. The molecule has 0 aromatic carbocycles. The number of hydrogen-bond donors (Lipinski definition) is 2. The molecule has 0 aliphatic carbocycles. The van der Waals surface area contributed by atoms with Crippen LogP contribution in [0.2, 0.25) is 0 Å². The number of carbonyl (C=O) groups is 2. The summed E-state index contributed by atoms with van der Waals surface area (Å²) < 4.78 is 5.09. The van der Waals surface area contributed by atoms with Crippen molar-refractivity contribution < 1.29 is 19.4 Å². The van der Waals surface area contributed by atoms with Crippen molar-refractivity contribution in [1.29, 1.82) is 0 Å². The van der Waals surface area contributed by atoms with Gasteiger partial charge in [0.1, 0.15) is 5.60 Å². The third-order valence-corrected chi connectivity index (χ3v) is 2.48. The monoisotopic (exact) mass is 260 g/mol. The third-order valence-electron chi connectivity index (χ3n) is 2.48. The average Bonchev–Trinajstić information content (AvgIpc) is 2.08. The SMILES string of the molecule is CN(CNC(=O)OC(C)(C)C)C(C)(C)CC(=O)O. The van der Waals surface area contributed by atoms with Gasteiger partial charge < -0.3 is 15.2 Å². The van der Waals surface area contributed by atoms with Crippen LogP contribution in [0.4, 0.5) is 4.79 Å². The number of aliphatic carboxylic acids is 1. The van der Waals surface area contributed by atoms with Crippen LogP contribution in [-0.2, 0) is 9.53 Å². The van der Waals surface area contributed by atoms with Gasteiger partial charge in [-0.2, -0.15) is 0 Å². The van der Waals surface area contributed by atoms with E-state index in [1.54, 1.807) is 46.6 Å². The summed E-state index contributed by atoms with van der Waals surface area (Å²) in [7, 11) is 1.75. The number of nitrogens with zero attached hydrogens (tertiary/aromatic N) is 1. The van der Waals surface area contributed by atoms with E-state index in [-0.39, 0.29) is 13.1 Å². The van der Waals surface area contributed by atoms with Gasteiger partial charge in [-0.05, 0) is 41.7 Å². The molecule has 0 fully saturated rings. The van der Waals surface area contributed by atoms with Crippen LogP contribution in [0.15, 0.2) is 0 Å². The van der Waals surface area contributed by atoms with Crippen LogP contribution >= 0.6 is 0 Å². The van der Waals surface area contributed by atoms with Crippen molar-refractivity contribution >= 4 is 12.1 Å². The second-order valence-electron chi connectivity index (χ2n) is 5.92. The van der Waals surface area contributed by atoms with Gasteiger partial charge >= 0.3 is 12.1 Å². The zero-order chi connectivity index (χ0) is 14.6. The van der Waals surface area contributed by atoms with Gasteiger partial charge in [0.15, 0.2) is 0 Å². The van der Waals surface area contributed by atoms with Gasteiger partial charge in [0.05, 0.1) is 13.1 Å². The Labute approximate surface area is 108 Å². The van der Waals surface area contributed by atoms with Gasteiger partial charge in [-0.25, -0.2) is 4.79 Å². The van der Waals surface area contributed by atoms with Crippen LogP contribution in [0, 0.1) is 0 Å². The van der Waals surface area contributed by atoms with Gasteiger partial charge in [0, 0.05) is 5.54 Å². The summed E-state index contributed by atoms with van der Waals surface area (Å²) in [6.07, 6.45) is -0.514. The molecule has 0 aliphatic rings. The molecule has 6 nitrogen and oxygen atoms in total. The Morgan fingerprint density at radius 2 is 1.72 bits per heavy atom. The lowest BCUT2D eigenvalue weighted by Crippen LogP contribution is -2.49. The van der Waals surface area contributed by atoms with Crippen LogP contribution in [0.25, 0.3) is 0 Å². The molecule has 0 aromatic rings. The zero-order valence-electron chi connectivity index (χ0n) is 12.0. The number of carbonyl (C=O) groups excluding carboxylic acids is 1. The second kappa shape index (κ2) is 6.04. The molecule has 18 heavy (non-hydrogen) atoms. The maximum absolute atomic E-state index is 11.4. The van der Waals surface area contributed by atoms with Gasteiger partial charge in [-0.15, -0.1) is 0 Å². The Balaban J connectivity index is 4.21. The molecule has 0 saturated heterocycles. The van der Waals surface area contributed by atoms with E-state index in [0.717, 1.165) is 0 Å². The maximum Gasteiger partial charge on any atom is 0.408 e. The number of nitrogens with one attached hydrogen (secondary N) is 1. The predicted octanol–water partition coefficient (Wildman–Crippen LogP) is 1.65. The maximum atomic E-state index is 11.4. The van der Waals surface area contributed by atoms with E-state index in [9.17, 15) is 9.59 Å². The fourth-order valence-corrected chi connectivity index (χ4v) is 1.22. The molecular weight excluding hydrogens is 236 g/mol. The third kappa shape index (κ3) is 7.11. The molecule has 0 aromatic heterocycles. The van der Waals surface area contributed by atoms with E-state index in [4.69, 9.17) is 9.84 Å². The van der Waals surface area contributed by atoms with Gasteiger partial charge in [0.2, 0.25) is 0 Å². The van der Waals surface area contributed by atoms with Crippen LogP contribution in [0.3, 0.4) is 0 Å². The number of alkyl carbamates (subject to hydrolysis) is 1. The second-order valence-corrected chi connectivity index (χ2v) is 5.92. The fourth-order valence-electron chi connectivity index (χ4n) is 1.22. The van der Waals surface area contributed by atoms with E-state index in [2.05, 4.69) is 5.32 Å². The van der Waals surface area contributed by atoms with E-state index in [1.165, 1.54) is 0 Å². The highest BCUT2D eigenvalue weighted by atomic mass is 16.6. The first kappa shape index (κ1) is 16.7. The first-order valence-corrected chi connectivity index (χ1v) is 5.84. The minimum absolute atomic E-state index is 0.000498. The quantitative estimate of drug-likeness (QED) is 0.735. The normalized spacial score (nSPS) is 12.4. The topological polar surface area (TPSA) is 78.9 Å². The Morgan fingerprint density at radius 1 is 1.22 bits per heavy atom. The molecule has 106 valence electrons. The van der Waals surface area contributed by atoms with E-state index in [0.29, 0.717) is 0 Å². The van der Waals surface area contributed by atoms with Crippen molar-refractivity contribution in [3.05, 3.63) is 0 Å². The summed E-state index contributed by atoms with van der Waals surface area (Å²) in [6.45, 7) is 9.19. The number of amides is 1. The summed E-state index contributed by atoms with van der Waals surface area (Å²) in [5.41, 5.74) is -1.08. The number of rotatable bonds is 5. The molecule has 0 radical (unpaired) electrons.